The number of hydrogen-bond donors (Lipinski definition) is 1. The van der Waals surface area contributed by atoms with E-state index in [4.69, 9.17) is 9.84 Å². The summed E-state index contributed by atoms with van der Waals surface area (Å²) < 4.78 is 4.70. The summed E-state index contributed by atoms with van der Waals surface area (Å²) in [5, 5.41) is 8.69. The van der Waals surface area contributed by atoms with Crippen molar-refractivity contribution in [3.63, 3.8) is 0 Å². The number of carboxylic acid groups (broad SMARTS) is 1. The van der Waals surface area contributed by atoms with Gasteiger partial charge in [-0.25, -0.2) is 0 Å². The van der Waals surface area contributed by atoms with E-state index >= 15 is 0 Å². The highest BCUT2D eigenvalue weighted by molar-refractivity contribution is 5.75. The SMILES string of the molecule is CCCCCCCCCC/C=C/C(CCC(=O)O)C(=O)OC. The second kappa shape index (κ2) is 14.6. The lowest BCUT2D eigenvalue weighted by molar-refractivity contribution is -0.144. The number of carbonyl (C=O) groups excluding carboxylic acids is 1. The molecular formula is C18H32O4. The van der Waals surface area contributed by atoms with E-state index in [9.17, 15) is 9.59 Å². The van der Waals surface area contributed by atoms with Gasteiger partial charge < -0.3 is 9.84 Å². The average Bonchev–Trinajstić information content (AvgIpc) is 2.51. The summed E-state index contributed by atoms with van der Waals surface area (Å²) >= 11 is 0. The zero-order valence-corrected chi connectivity index (χ0v) is 14.2. The fourth-order valence-electron chi connectivity index (χ4n) is 2.38. The van der Waals surface area contributed by atoms with Gasteiger partial charge in [-0.15, -0.1) is 0 Å². The number of methoxy groups -OCH3 is 1. The molecule has 1 atom stereocenters. The number of esters is 1. The summed E-state index contributed by atoms with van der Waals surface area (Å²) in [6.45, 7) is 2.23. The Bertz CT molecular complexity index is 323. The van der Waals surface area contributed by atoms with Gasteiger partial charge in [0.1, 0.15) is 0 Å². The highest BCUT2D eigenvalue weighted by atomic mass is 16.5. The van der Waals surface area contributed by atoms with Crippen LogP contribution in [0.3, 0.4) is 0 Å². The van der Waals surface area contributed by atoms with Gasteiger partial charge in [0.15, 0.2) is 0 Å². The minimum atomic E-state index is -0.884. The molecule has 0 radical (unpaired) electrons. The summed E-state index contributed by atoms with van der Waals surface area (Å²) in [7, 11) is 1.34. The number of unbranched alkanes of at least 4 members (excludes halogenated alkanes) is 8. The Hall–Kier alpha value is -1.32. The minimum absolute atomic E-state index is 0.0120. The molecule has 0 bridgehead atoms. The fraction of sp³-hybridized carbons (Fsp3) is 0.778. The van der Waals surface area contributed by atoms with Gasteiger partial charge in [-0.2, -0.15) is 0 Å². The molecule has 0 aliphatic heterocycles. The number of rotatable bonds is 14. The van der Waals surface area contributed by atoms with Crippen LogP contribution < -0.4 is 0 Å². The lowest BCUT2D eigenvalue weighted by Gasteiger charge is -2.08. The second-order valence-corrected chi connectivity index (χ2v) is 5.75. The van der Waals surface area contributed by atoms with Crippen molar-refractivity contribution in [3.8, 4) is 0 Å². The Labute approximate surface area is 134 Å². The third kappa shape index (κ3) is 12.4. The maximum Gasteiger partial charge on any atom is 0.312 e. The van der Waals surface area contributed by atoms with Crippen molar-refractivity contribution in [2.75, 3.05) is 7.11 Å². The molecule has 4 heteroatoms. The van der Waals surface area contributed by atoms with Crippen LogP contribution in [0.15, 0.2) is 12.2 Å². The number of carbonyl (C=O) groups is 2. The largest absolute Gasteiger partial charge is 0.481 e. The van der Waals surface area contributed by atoms with Gasteiger partial charge in [0.05, 0.1) is 13.0 Å². The van der Waals surface area contributed by atoms with Gasteiger partial charge in [-0.05, 0) is 19.3 Å². The van der Waals surface area contributed by atoms with Crippen LogP contribution in [0.25, 0.3) is 0 Å². The summed E-state index contributed by atoms with van der Waals surface area (Å²) in [5.74, 6) is -1.67. The molecule has 0 spiro atoms. The van der Waals surface area contributed by atoms with Crippen LogP contribution in [0.5, 0.6) is 0 Å². The Morgan fingerprint density at radius 3 is 2.18 bits per heavy atom. The van der Waals surface area contributed by atoms with Crippen LogP contribution in [-0.2, 0) is 14.3 Å². The summed E-state index contributed by atoms with van der Waals surface area (Å²) in [6, 6.07) is 0. The first-order valence-corrected chi connectivity index (χ1v) is 8.58. The van der Waals surface area contributed by atoms with E-state index < -0.39 is 11.9 Å². The molecule has 22 heavy (non-hydrogen) atoms. The van der Waals surface area contributed by atoms with E-state index in [2.05, 4.69) is 6.92 Å². The van der Waals surface area contributed by atoms with Gasteiger partial charge in [0.2, 0.25) is 0 Å². The first kappa shape index (κ1) is 20.7. The molecule has 0 rings (SSSR count). The maximum atomic E-state index is 11.5. The average molecular weight is 312 g/mol. The van der Waals surface area contributed by atoms with Crippen LogP contribution in [0.2, 0.25) is 0 Å². The molecule has 0 saturated heterocycles. The molecule has 0 saturated carbocycles. The van der Waals surface area contributed by atoms with Crippen molar-refractivity contribution in [1.82, 2.24) is 0 Å². The quantitative estimate of drug-likeness (QED) is 0.286. The fourth-order valence-corrected chi connectivity index (χ4v) is 2.38. The molecule has 4 nitrogen and oxygen atoms in total. The Morgan fingerprint density at radius 1 is 1.05 bits per heavy atom. The number of hydrogen-bond acceptors (Lipinski definition) is 3. The van der Waals surface area contributed by atoms with Crippen LogP contribution in [0, 0.1) is 5.92 Å². The van der Waals surface area contributed by atoms with E-state index in [1.165, 1.54) is 52.1 Å². The molecule has 128 valence electrons. The molecule has 0 aromatic carbocycles. The third-order valence-electron chi connectivity index (χ3n) is 3.77. The summed E-state index contributed by atoms with van der Waals surface area (Å²) in [5.41, 5.74) is 0. The minimum Gasteiger partial charge on any atom is -0.481 e. The number of carboxylic acids is 1. The van der Waals surface area contributed by atoms with Gasteiger partial charge in [0.25, 0.3) is 0 Å². The van der Waals surface area contributed by atoms with Crippen molar-refractivity contribution < 1.29 is 19.4 Å². The Balaban J connectivity index is 3.76. The predicted octanol–water partition coefficient (Wildman–Crippen LogP) is 4.73. The molecule has 0 heterocycles. The molecule has 0 amide bonds. The molecule has 0 aromatic heterocycles. The summed E-state index contributed by atoms with van der Waals surface area (Å²) in [4.78, 5) is 22.1. The topological polar surface area (TPSA) is 63.6 Å². The number of ether oxygens (including phenoxy) is 1. The molecular weight excluding hydrogens is 280 g/mol. The molecule has 0 fully saturated rings. The standard InChI is InChI=1S/C18H32O4/c1-3-4-5-6-7-8-9-10-11-12-13-16(18(21)22-2)14-15-17(19)20/h12-13,16H,3-11,14-15H2,1-2H3,(H,19,20)/b13-12+. The molecule has 1 N–H and O–H groups in total. The molecule has 1 unspecified atom stereocenters. The smallest absolute Gasteiger partial charge is 0.312 e. The lowest BCUT2D eigenvalue weighted by atomic mass is 10.0. The lowest BCUT2D eigenvalue weighted by Crippen LogP contribution is -2.15. The van der Waals surface area contributed by atoms with Gasteiger partial charge in [0, 0.05) is 6.42 Å². The first-order valence-electron chi connectivity index (χ1n) is 8.58. The predicted molar refractivity (Wildman–Crippen MR) is 88.7 cm³/mol. The van der Waals surface area contributed by atoms with Gasteiger partial charge in [-0.1, -0.05) is 64.0 Å². The zero-order valence-electron chi connectivity index (χ0n) is 14.2. The first-order chi connectivity index (χ1) is 10.6. The van der Waals surface area contributed by atoms with Gasteiger partial charge in [-0.3, -0.25) is 9.59 Å². The van der Waals surface area contributed by atoms with E-state index in [1.54, 1.807) is 6.08 Å². The van der Waals surface area contributed by atoms with E-state index in [1.807, 2.05) is 6.08 Å². The van der Waals surface area contributed by atoms with E-state index in [0.29, 0.717) is 6.42 Å². The monoisotopic (exact) mass is 312 g/mol. The van der Waals surface area contributed by atoms with Crippen molar-refractivity contribution >= 4 is 11.9 Å². The second-order valence-electron chi connectivity index (χ2n) is 5.75. The third-order valence-corrected chi connectivity index (χ3v) is 3.77. The Kier molecular flexibility index (Phi) is 13.7. The number of aliphatic carboxylic acids is 1. The van der Waals surface area contributed by atoms with Crippen molar-refractivity contribution in [1.29, 1.82) is 0 Å². The van der Waals surface area contributed by atoms with Crippen molar-refractivity contribution in [2.45, 2.75) is 77.6 Å². The van der Waals surface area contributed by atoms with Crippen molar-refractivity contribution in [3.05, 3.63) is 12.2 Å². The normalized spacial score (nSPS) is 12.5. The van der Waals surface area contributed by atoms with Crippen LogP contribution in [0.1, 0.15) is 77.6 Å². The summed E-state index contributed by atoms with van der Waals surface area (Å²) in [6.07, 6.45) is 15.3. The molecule has 0 aromatic rings. The van der Waals surface area contributed by atoms with Crippen molar-refractivity contribution in [2.24, 2.45) is 5.92 Å². The number of allylic oxidation sites excluding steroid dienone is 1. The van der Waals surface area contributed by atoms with Crippen LogP contribution >= 0.6 is 0 Å². The highest BCUT2D eigenvalue weighted by Crippen LogP contribution is 2.13. The van der Waals surface area contributed by atoms with E-state index in [0.717, 1.165) is 12.8 Å². The maximum absolute atomic E-state index is 11.5. The van der Waals surface area contributed by atoms with Gasteiger partial charge >= 0.3 is 11.9 Å². The molecule has 0 aliphatic rings. The highest BCUT2D eigenvalue weighted by Gasteiger charge is 2.16. The van der Waals surface area contributed by atoms with Crippen LogP contribution in [-0.4, -0.2) is 24.2 Å². The van der Waals surface area contributed by atoms with E-state index in [-0.39, 0.29) is 12.4 Å². The molecule has 0 aliphatic carbocycles. The van der Waals surface area contributed by atoms with Crippen LogP contribution in [0.4, 0.5) is 0 Å². The Morgan fingerprint density at radius 2 is 1.64 bits per heavy atom. The zero-order chi connectivity index (χ0) is 16.6.